The minimum atomic E-state index is -4.55. The molecule has 1 aliphatic heterocycles. The average molecular weight is 449 g/mol. The molecule has 1 amide bonds. The molecule has 0 spiro atoms. The van der Waals surface area contributed by atoms with E-state index in [0.717, 1.165) is 16.7 Å². The van der Waals surface area contributed by atoms with E-state index in [-0.39, 0.29) is 23.0 Å². The second kappa shape index (κ2) is 8.26. The van der Waals surface area contributed by atoms with Crippen molar-refractivity contribution in [3.05, 3.63) is 76.4 Å². The van der Waals surface area contributed by atoms with Crippen LogP contribution in [0.3, 0.4) is 0 Å². The van der Waals surface area contributed by atoms with Gasteiger partial charge in [-0.1, -0.05) is 61.0 Å². The number of rotatable bonds is 4. The van der Waals surface area contributed by atoms with Gasteiger partial charge in [-0.15, -0.1) is 0 Å². The van der Waals surface area contributed by atoms with Crippen LogP contribution in [0, 0.1) is 0 Å². The number of nitrogens with one attached hydrogen (secondary N) is 2. The first-order valence-electron chi connectivity index (χ1n) is 9.84. The molecule has 4 rings (SSSR count). The monoisotopic (exact) mass is 448 g/mol. The van der Waals surface area contributed by atoms with Crippen LogP contribution < -0.4 is 10.6 Å². The zero-order valence-electron chi connectivity index (χ0n) is 16.6. The Morgan fingerprint density at radius 2 is 1.87 bits per heavy atom. The summed E-state index contributed by atoms with van der Waals surface area (Å²) in [6.45, 7) is 2.01. The molecule has 5 nitrogen and oxygen atoms in total. The van der Waals surface area contributed by atoms with Gasteiger partial charge in [0.25, 0.3) is 5.91 Å². The SMILES string of the molecule is CCc1ccc(NC(=O)c2nn3c(c2Cl)N[C@H](c2ccccc2)C[C@@H]3C(F)(F)F)cc1. The molecule has 2 aromatic carbocycles. The molecule has 3 aromatic rings. The van der Waals surface area contributed by atoms with Crippen LogP contribution in [0.1, 0.15) is 47.0 Å². The minimum Gasteiger partial charge on any atom is -0.362 e. The Bertz CT molecular complexity index is 1080. The van der Waals surface area contributed by atoms with Crippen LogP contribution in [-0.4, -0.2) is 21.9 Å². The molecular formula is C22H20ClF3N4O. The van der Waals surface area contributed by atoms with Crippen LogP contribution in [0.5, 0.6) is 0 Å². The quantitative estimate of drug-likeness (QED) is 0.513. The summed E-state index contributed by atoms with van der Waals surface area (Å²) in [5.74, 6) is -0.689. The summed E-state index contributed by atoms with van der Waals surface area (Å²) in [7, 11) is 0. The largest absolute Gasteiger partial charge is 0.410 e. The number of fused-ring (bicyclic) bond motifs is 1. The van der Waals surface area contributed by atoms with Crippen molar-refractivity contribution in [2.45, 2.75) is 38.0 Å². The number of alkyl halides is 3. The highest BCUT2D eigenvalue weighted by Gasteiger charge is 2.47. The Kier molecular flexibility index (Phi) is 5.66. The zero-order chi connectivity index (χ0) is 22.2. The molecule has 1 aromatic heterocycles. The molecule has 2 heterocycles. The van der Waals surface area contributed by atoms with Crippen LogP contribution in [0.15, 0.2) is 54.6 Å². The van der Waals surface area contributed by atoms with Gasteiger partial charge in [0, 0.05) is 12.1 Å². The third-order valence-corrected chi connectivity index (χ3v) is 5.69. The van der Waals surface area contributed by atoms with E-state index in [2.05, 4.69) is 15.7 Å². The maximum atomic E-state index is 13.8. The normalized spacial score (nSPS) is 18.2. The average Bonchev–Trinajstić information content (AvgIpc) is 3.10. The van der Waals surface area contributed by atoms with Crippen LogP contribution >= 0.6 is 11.6 Å². The smallest absolute Gasteiger partial charge is 0.362 e. The number of nitrogens with zero attached hydrogens (tertiary/aromatic N) is 2. The molecule has 0 saturated carbocycles. The number of carbonyl (C=O) groups excluding carboxylic acids is 1. The molecule has 2 atom stereocenters. The molecule has 1 aliphatic rings. The van der Waals surface area contributed by atoms with Crippen molar-refractivity contribution in [3.63, 3.8) is 0 Å². The maximum absolute atomic E-state index is 13.8. The lowest BCUT2D eigenvalue weighted by Crippen LogP contribution is -2.35. The van der Waals surface area contributed by atoms with E-state index < -0.39 is 24.2 Å². The number of carbonyl (C=O) groups is 1. The van der Waals surface area contributed by atoms with Crippen LogP contribution in [0.4, 0.5) is 24.7 Å². The molecule has 9 heteroatoms. The molecule has 0 saturated heterocycles. The fraction of sp³-hybridized carbons (Fsp3) is 0.273. The number of hydrogen-bond acceptors (Lipinski definition) is 3. The van der Waals surface area contributed by atoms with E-state index in [4.69, 9.17) is 11.6 Å². The summed E-state index contributed by atoms with van der Waals surface area (Å²) in [6, 6.07) is 13.5. The number of anilines is 2. The highest BCUT2D eigenvalue weighted by Crippen LogP contribution is 2.46. The third kappa shape index (κ3) is 4.25. The van der Waals surface area contributed by atoms with Crippen molar-refractivity contribution < 1.29 is 18.0 Å². The number of hydrogen-bond donors (Lipinski definition) is 2. The zero-order valence-corrected chi connectivity index (χ0v) is 17.3. The van der Waals surface area contributed by atoms with Gasteiger partial charge in [0.2, 0.25) is 0 Å². The summed E-state index contributed by atoms with van der Waals surface area (Å²) in [5, 5.41) is 9.48. The Morgan fingerprint density at radius 3 is 2.48 bits per heavy atom. The van der Waals surface area contributed by atoms with Gasteiger partial charge >= 0.3 is 6.18 Å². The van der Waals surface area contributed by atoms with E-state index in [9.17, 15) is 18.0 Å². The molecule has 0 bridgehead atoms. The van der Waals surface area contributed by atoms with E-state index in [1.54, 1.807) is 42.5 Å². The van der Waals surface area contributed by atoms with Crippen molar-refractivity contribution in [1.82, 2.24) is 9.78 Å². The molecule has 0 radical (unpaired) electrons. The molecule has 0 unspecified atom stereocenters. The van der Waals surface area contributed by atoms with Gasteiger partial charge in [-0.3, -0.25) is 4.79 Å². The molecule has 0 fully saturated rings. The standard InChI is InChI=1S/C22H20ClF3N4O/c1-2-13-8-10-15(11-9-13)27-21(31)19-18(23)20-28-16(14-6-4-3-5-7-14)12-17(22(24,25)26)30(20)29-19/h3-11,16-17,28H,2,12H2,1H3,(H,27,31)/t16-,17+/m0/s1. The summed E-state index contributed by atoms with van der Waals surface area (Å²) >= 11 is 6.35. The van der Waals surface area contributed by atoms with Crippen LogP contribution in [0.25, 0.3) is 0 Å². The van der Waals surface area contributed by atoms with Gasteiger partial charge in [0.05, 0.1) is 6.04 Å². The minimum absolute atomic E-state index is 0.0180. The Labute approximate surface area is 182 Å². The van der Waals surface area contributed by atoms with E-state index in [1.165, 1.54) is 0 Å². The van der Waals surface area contributed by atoms with Crippen LogP contribution in [-0.2, 0) is 6.42 Å². The topological polar surface area (TPSA) is 59.0 Å². The number of amides is 1. The number of aryl methyl sites for hydroxylation is 1. The first-order chi connectivity index (χ1) is 14.8. The second-order valence-electron chi connectivity index (χ2n) is 7.36. The van der Waals surface area contributed by atoms with E-state index in [1.807, 2.05) is 19.1 Å². The van der Waals surface area contributed by atoms with Gasteiger partial charge < -0.3 is 10.6 Å². The third-order valence-electron chi connectivity index (χ3n) is 5.33. The fourth-order valence-electron chi connectivity index (χ4n) is 3.65. The maximum Gasteiger partial charge on any atom is 0.410 e. The van der Waals surface area contributed by atoms with Crippen LogP contribution in [0.2, 0.25) is 5.02 Å². The van der Waals surface area contributed by atoms with Crippen molar-refractivity contribution in [3.8, 4) is 0 Å². The van der Waals surface area contributed by atoms with Gasteiger partial charge in [-0.25, -0.2) is 4.68 Å². The molecule has 2 N–H and O–H groups in total. The molecule has 162 valence electrons. The summed E-state index contributed by atoms with van der Waals surface area (Å²) < 4.78 is 42.3. The summed E-state index contributed by atoms with van der Waals surface area (Å²) in [5.41, 5.74) is 2.04. The lowest BCUT2D eigenvalue weighted by atomic mass is 9.97. The van der Waals surface area contributed by atoms with Crippen molar-refractivity contribution in [2.24, 2.45) is 0 Å². The number of halogens is 4. The highest BCUT2D eigenvalue weighted by molar-refractivity contribution is 6.36. The van der Waals surface area contributed by atoms with Gasteiger partial charge in [-0.05, 0) is 29.7 Å². The summed E-state index contributed by atoms with van der Waals surface area (Å²) in [6.07, 6.45) is -3.97. The molecule has 0 aliphatic carbocycles. The van der Waals surface area contributed by atoms with Gasteiger partial charge in [0.1, 0.15) is 10.8 Å². The van der Waals surface area contributed by atoms with Crippen molar-refractivity contribution in [1.29, 1.82) is 0 Å². The fourth-order valence-corrected chi connectivity index (χ4v) is 3.92. The Balaban J connectivity index is 1.67. The lowest BCUT2D eigenvalue weighted by Gasteiger charge is -2.33. The number of aromatic nitrogens is 2. The number of benzene rings is 2. The molecule has 31 heavy (non-hydrogen) atoms. The van der Waals surface area contributed by atoms with E-state index >= 15 is 0 Å². The highest BCUT2D eigenvalue weighted by atomic mass is 35.5. The Morgan fingerprint density at radius 1 is 1.19 bits per heavy atom. The van der Waals surface area contributed by atoms with Crippen molar-refractivity contribution in [2.75, 3.05) is 10.6 Å². The first-order valence-corrected chi connectivity index (χ1v) is 10.2. The van der Waals surface area contributed by atoms with Gasteiger partial charge in [-0.2, -0.15) is 18.3 Å². The van der Waals surface area contributed by atoms with Crippen molar-refractivity contribution >= 4 is 29.0 Å². The first kappa shape index (κ1) is 21.2. The lowest BCUT2D eigenvalue weighted by molar-refractivity contribution is -0.173. The summed E-state index contributed by atoms with van der Waals surface area (Å²) in [4.78, 5) is 12.7. The van der Waals surface area contributed by atoms with E-state index in [0.29, 0.717) is 11.3 Å². The predicted molar refractivity (Wildman–Crippen MR) is 114 cm³/mol. The van der Waals surface area contributed by atoms with Gasteiger partial charge in [0.15, 0.2) is 11.7 Å². The Hall–Kier alpha value is -3.00. The predicted octanol–water partition coefficient (Wildman–Crippen LogP) is 6.01. The second-order valence-corrected chi connectivity index (χ2v) is 7.74. The molecular weight excluding hydrogens is 429 g/mol.